The fourth-order valence-corrected chi connectivity index (χ4v) is 9.59. The molecule has 2 aliphatic rings. The number of pyridine rings is 1. The molecular weight excluding hydrogens is 723 g/mol. The van der Waals surface area contributed by atoms with Crippen LogP contribution in [0.1, 0.15) is 124 Å². The van der Waals surface area contributed by atoms with Crippen molar-refractivity contribution < 1.29 is 9.53 Å². The third kappa shape index (κ3) is 6.89. The smallest absolute Gasteiger partial charge is 0.309 e. The number of esters is 1. The maximum Gasteiger partial charge on any atom is 0.309 e. The minimum absolute atomic E-state index is 0.00961. The number of fused-ring (bicyclic) bond motifs is 8. The molecule has 3 atom stereocenters. The van der Waals surface area contributed by atoms with E-state index in [2.05, 4.69) is 189 Å². The standard InChI is InChI=1S/C54H61N3O2/c1-51(2,3)35-15-19-44-40(27-35)41-28-36(52(4,5)6)16-20-45(41)56(44)48-25-33(31-59-50(58)39-24-32-13-14-34(39)23-32)26-49(55-48)57-46-21-17-37(53(7,8)9)29-42(46)43-30-38(54(10,11)12)18-22-47(43)57/h13-22,25-30,32,34,39H,23-24,31H2,1-12H3. The molecule has 1 fully saturated rings. The summed E-state index contributed by atoms with van der Waals surface area (Å²) in [5, 5.41) is 4.85. The van der Waals surface area contributed by atoms with Crippen molar-refractivity contribution in [1.82, 2.24) is 14.1 Å². The minimum atomic E-state index is -0.0932. The average molecular weight is 784 g/mol. The Morgan fingerprint density at radius 3 is 1.22 bits per heavy atom. The van der Waals surface area contributed by atoms with Crippen molar-refractivity contribution in [3.63, 3.8) is 0 Å². The number of carbonyl (C=O) groups excluding carboxylic acids is 1. The number of ether oxygens (including phenoxy) is 1. The van der Waals surface area contributed by atoms with Crippen LogP contribution in [0.2, 0.25) is 0 Å². The van der Waals surface area contributed by atoms with Crippen molar-refractivity contribution in [3.05, 3.63) is 125 Å². The molecule has 7 aromatic rings. The third-order valence-corrected chi connectivity index (χ3v) is 13.3. The highest BCUT2D eigenvalue weighted by molar-refractivity contribution is 6.11. The number of hydrogen-bond donors (Lipinski definition) is 0. The highest BCUT2D eigenvalue weighted by Crippen LogP contribution is 2.45. The first-order valence-electron chi connectivity index (χ1n) is 21.7. The Bertz CT molecular complexity index is 2540. The van der Waals surface area contributed by atoms with Crippen LogP contribution in [-0.4, -0.2) is 20.1 Å². The van der Waals surface area contributed by atoms with Gasteiger partial charge in [-0.1, -0.05) is 120 Å². The predicted octanol–water partition coefficient (Wildman–Crippen LogP) is 13.7. The Hall–Kier alpha value is -5.16. The van der Waals surface area contributed by atoms with Crippen molar-refractivity contribution in [2.45, 2.75) is 124 Å². The Morgan fingerprint density at radius 1 is 0.542 bits per heavy atom. The van der Waals surface area contributed by atoms with Gasteiger partial charge < -0.3 is 4.74 Å². The molecule has 2 aliphatic carbocycles. The van der Waals surface area contributed by atoms with Gasteiger partial charge in [-0.2, -0.15) is 0 Å². The van der Waals surface area contributed by atoms with E-state index in [1.54, 1.807) is 0 Å². The predicted molar refractivity (Wildman–Crippen MR) is 246 cm³/mol. The van der Waals surface area contributed by atoms with E-state index in [1.807, 2.05) is 0 Å². The lowest BCUT2D eigenvalue weighted by Gasteiger charge is -2.20. The van der Waals surface area contributed by atoms with Crippen LogP contribution >= 0.6 is 0 Å². The molecule has 1 saturated carbocycles. The number of benzene rings is 4. The van der Waals surface area contributed by atoms with Crippen LogP contribution in [-0.2, 0) is 37.8 Å². The lowest BCUT2D eigenvalue weighted by atomic mass is 9.85. The van der Waals surface area contributed by atoms with E-state index in [-0.39, 0.29) is 40.2 Å². The summed E-state index contributed by atoms with van der Waals surface area (Å²) in [5.41, 5.74) is 10.5. The summed E-state index contributed by atoms with van der Waals surface area (Å²) in [6.07, 6.45) is 6.44. The van der Waals surface area contributed by atoms with Gasteiger partial charge in [0.15, 0.2) is 0 Å². The van der Waals surface area contributed by atoms with Gasteiger partial charge in [-0.25, -0.2) is 4.98 Å². The molecule has 3 aromatic heterocycles. The van der Waals surface area contributed by atoms with E-state index in [0.717, 1.165) is 52.1 Å². The quantitative estimate of drug-likeness (QED) is 0.129. The molecule has 0 N–H and O–H groups in total. The van der Waals surface area contributed by atoms with Crippen LogP contribution in [0.15, 0.2) is 97.1 Å². The Balaban J connectivity index is 1.30. The first-order valence-corrected chi connectivity index (χ1v) is 21.7. The number of aromatic nitrogens is 3. The molecule has 0 amide bonds. The van der Waals surface area contributed by atoms with Gasteiger partial charge in [-0.3, -0.25) is 13.9 Å². The van der Waals surface area contributed by atoms with Crippen LogP contribution in [0.5, 0.6) is 0 Å². The summed E-state index contributed by atoms with van der Waals surface area (Å²) in [6, 6.07) is 31.9. The summed E-state index contributed by atoms with van der Waals surface area (Å²) in [4.78, 5) is 19.3. The Labute approximate surface area is 350 Å². The van der Waals surface area contributed by atoms with Crippen molar-refractivity contribution in [1.29, 1.82) is 0 Å². The van der Waals surface area contributed by atoms with Crippen molar-refractivity contribution in [2.24, 2.45) is 17.8 Å². The number of allylic oxidation sites excluding steroid dienone is 2. The van der Waals surface area contributed by atoms with Gasteiger partial charge in [0.25, 0.3) is 0 Å². The van der Waals surface area contributed by atoms with Gasteiger partial charge >= 0.3 is 5.97 Å². The Morgan fingerprint density at radius 2 is 0.915 bits per heavy atom. The summed E-state index contributed by atoms with van der Waals surface area (Å²) >= 11 is 0. The topological polar surface area (TPSA) is 49.0 Å². The zero-order valence-corrected chi connectivity index (χ0v) is 37.2. The maximum atomic E-state index is 13.7. The molecule has 0 saturated heterocycles. The minimum Gasteiger partial charge on any atom is -0.461 e. The third-order valence-electron chi connectivity index (χ3n) is 13.3. The number of carbonyl (C=O) groups is 1. The molecule has 0 radical (unpaired) electrons. The molecule has 3 unspecified atom stereocenters. The molecule has 5 nitrogen and oxygen atoms in total. The zero-order valence-electron chi connectivity index (χ0n) is 37.2. The highest BCUT2D eigenvalue weighted by atomic mass is 16.5. The molecule has 4 aromatic carbocycles. The molecule has 3 heterocycles. The SMILES string of the molecule is CC(C)(C)c1ccc2c(c1)c1cc(C(C)(C)C)ccc1n2-c1cc(COC(=O)C2CC3C=CC2C3)cc(-n2c3ccc(C(C)(C)C)cc3c3cc(C(C)(C)C)ccc32)n1. The lowest BCUT2D eigenvalue weighted by Crippen LogP contribution is -2.21. The first-order chi connectivity index (χ1) is 27.6. The maximum absolute atomic E-state index is 13.7. The number of rotatable bonds is 5. The van der Waals surface area contributed by atoms with Gasteiger partial charge in [-0.05, 0) is 135 Å². The van der Waals surface area contributed by atoms with Gasteiger partial charge in [0, 0.05) is 21.5 Å². The fraction of sp³-hybridized carbons (Fsp3) is 0.407. The van der Waals surface area contributed by atoms with E-state index in [4.69, 9.17) is 9.72 Å². The summed E-state index contributed by atoms with van der Waals surface area (Å²) in [6.45, 7) is 27.5. The van der Waals surface area contributed by atoms with E-state index in [9.17, 15) is 4.79 Å². The molecule has 59 heavy (non-hydrogen) atoms. The molecule has 5 heteroatoms. The number of hydrogen-bond acceptors (Lipinski definition) is 3. The van der Waals surface area contributed by atoms with Crippen LogP contribution in [0, 0.1) is 17.8 Å². The molecule has 304 valence electrons. The second kappa shape index (κ2) is 13.4. The van der Waals surface area contributed by atoms with E-state index in [1.165, 1.54) is 43.8 Å². The summed E-state index contributed by atoms with van der Waals surface area (Å²) < 4.78 is 10.9. The van der Waals surface area contributed by atoms with Gasteiger partial charge in [0.2, 0.25) is 0 Å². The van der Waals surface area contributed by atoms with Gasteiger partial charge in [0.05, 0.1) is 28.0 Å². The van der Waals surface area contributed by atoms with Crippen molar-refractivity contribution >= 4 is 49.6 Å². The van der Waals surface area contributed by atoms with Crippen molar-refractivity contribution in [3.8, 4) is 11.6 Å². The second-order valence-corrected chi connectivity index (χ2v) is 21.8. The van der Waals surface area contributed by atoms with Gasteiger partial charge in [0.1, 0.15) is 18.2 Å². The lowest BCUT2D eigenvalue weighted by molar-refractivity contribution is -0.150. The molecule has 2 bridgehead atoms. The molecule has 9 rings (SSSR count). The summed E-state index contributed by atoms with van der Waals surface area (Å²) in [5.74, 6) is 2.23. The van der Waals surface area contributed by atoms with Gasteiger partial charge in [-0.15, -0.1) is 0 Å². The fourth-order valence-electron chi connectivity index (χ4n) is 9.59. The van der Waals surface area contributed by atoms with Crippen LogP contribution in [0.4, 0.5) is 0 Å². The first kappa shape index (κ1) is 39.3. The summed E-state index contributed by atoms with van der Waals surface area (Å²) in [7, 11) is 0. The monoisotopic (exact) mass is 783 g/mol. The van der Waals surface area contributed by atoms with E-state index < -0.39 is 0 Å². The van der Waals surface area contributed by atoms with Crippen LogP contribution < -0.4 is 0 Å². The molecule has 0 aliphatic heterocycles. The number of nitrogens with zero attached hydrogens (tertiary/aromatic N) is 3. The van der Waals surface area contributed by atoms with E-state index in [0.29, 0.717) is 11.8 Å². The average Bonchev–Trinajstić information content (AvgIpc) is 3.95. The van der Waals surface area contributed by atoms with E-state index >= 15 is 0 Å². The zero-order chi connectivity index (χ0) is 42.0. The molecular formula is C54H61N3O2. The van der Waals surface area contributed by atoms with Crippen LogP contribution in [0.3, 0.4) is 0 Å². The molecule has 0 spiro atoms. The van der Waals surface area contributed by atoms with Crippen LogP contribution in [0.25, 0.3) is 55.2 Å². The largest absolute Gasteiger partial charge is 0.461 e. The second-order valence-electron chi connectivity index (χ2n) is 21.8. The normalized spacial score (nSPS) is 18.6. The highest BCUT2D eigenvalue weighted by Gasteiger charge is 2.41. The Kier molecular flexibility index (Phi) is 8.95. The van der Waals surface area contributed by atoms with Crippen molar-refractivity contribution in [2.75, 3.05) is 0 Å².